The second-order valence-corrected chi connectivity index (χ2v) is 9.01. The molecule has 0 aromatic heterocycles. The van der Waals surface area contributed by atoms with Gasteiger partial charge in [-0.3, -0.25) is 14.4 Å². The number of benzene rings is 4. The van der Waals surface area contributed by atoms with Crippen molar-refractivity contribution in [1.29, 1.82) is 0 Å². The molecule has 40 heavy (non-hydrogen) atoms. The minimum Gasteiger partial charge on any atom is -0.595 e. The van der Waals surface area contributed by atoms with E-state index in [4.69, 9.17) is 9.94 Å². The van der Waals surface area contributed by atoms with Crippen LogP contribution in [0, 0.1) is 16.3 Å². The lowest BCUT2D eigenvalue weighted by Gasteiger charge is -2.22. The molecule has 0 saturated heterocycles. The molecule has 0 fully saturated rings. The van der Waals surface area contributed by atoms with Crippen molar-refractivity contribution in [2.24, 2.45) is 5.92 Å². The van der Waals surface area contributed by atoms with Gasteiger partial charge in [0, 0.05) is 17.2 Å². The molecule has 4 unspecified atom stereocenters. The molecule has 5 N–H and O–H groups in total. The second kappa shape index (κ2) is 10.7. The van der Waals surface area contributed by atoms with Crippen LogP contribution in [0.5, 0.6) is 0 Å². The van der Waals surface area contributed by atoms with E-state index in [2.05, 4.69) is 5.32 Å². The van der Waals surface area contributed by atoms with Gasteiger partial charge >= 0.3 is 5.97 Å². The number of cyclic esters (lactones) is 1. The highest BCUT2D eigenvalue weighted by Gasteiger charge is 2.46. The van der Waals surface area contributed by atoms with Gasteiger partial charge in [0.25, 0.3) is 5.91 Å². The third kappa shape index (κ3) is 4.97. The molecule has 5 rings (SSSR count). The Morgan fingerprint density at radius 1 is 0.850 bits per heavy atom. The molecular formula is C28H21N3O9. The molecule has 12 nitrogen and oxygen atoms in total. The third-order valence-electron chi connectivity index (χ3n) is 6.59. The number of hydrogen-bond donors (Lipinski definition) is 5. The first-order valence-corrected chi connectivity index (χ1v) is 11.9. The summed E-state index contributed by atoms with van der Waals surface area (Å²) in [5, 5.41) is 42.5. The Bertz CT molecular complexity index is 1670. The fourth-order valence-electron chi connectivity index (χ4n) is 4.63. The molecule has 1 aliphatic heterocycles. The van der Waals surface area contributed by atoms with E-state index in [9.17, 15) is 34.8 Å². The number of anilines is 1. The molecule has 1 heterocycles. The molecule has 4 aromatic carbocycles. The summed E-state index contributed by atoms with van der Waals surface area (Å²) in [5.41, 5.74) is -0.769. The highest BCUT2D eigenvalue weighted by Crippen LogP contribution is 2.38. The normalized spacial score (nSPS) is 16.5. The lowest BCUT2D eigenvalue weighted by molar-refractivity contribution is -0.996. The average Bonchev–Trinajstić information content (AvgIpc) is 3.28. The number of nitrogens with one attached hydrogen (secondary N) is 3. The van der Waals surface area contributed by atoms with Crippen LogP contribution in [0.15, 0.2) is 84.9 Å². The van der Waals surface area contributed by atoms with Crippen LogP contribution in [-0.4, -0.2) is 33.9 Å². The summed E-state index contributed by atoms with van der Waals surface area (Å²) in [4.78, 5) is 53.2. The Morgan fingerprint density at radius 3 is 2.27 bits per heavy atom. The van der Waals surface area contributed by atoms with Crippen LogP contribution in [0.2, 0.25) is 0 Å². The van der Waals surface area contributed by atoms with E-state index in [0.717, 1.165) is 23.6 Å². The summed E-state index contributed by atoms with van der Waals surface area (Å²) in [6.45, 7) is 0. The van der Waals surface area contributed by atoms with Crippen LogP contribution in [0.1, 0.15) is 32.4 Å². The van der Waals surface area contributed by atoms with E-state index in [1.54, 1.807) is 36.4 Å². The summed E-state index contributed by atoms with van der Waals surface area (Å²) in [6.07, 6.45) is -1.41. The minimum absolute atomic E-state index is 0.0994. The molecule has 0 bridgehead atoms. The maximum absolute atomic E-state index is 13.8. The molecule has 1 amide bonds. The van der Waals surface area contributed by atoms with E-state index < -0.39 is 51.6 Å². The predicted octanol–water partition coefficient (Wildman–Crippen LogP) is 1.57. The molecule has 1 aliphatic rings. The minimum atomic E-state index is -1.79. The lowest BCUT2D eigenvalue weighted by atomic mass is 9.84. The summed E-state index contributed by atoms with van der Waals surface area (Å²) < 4.78 is 5.43. The molecule has 0 spiro atoms. The molecule has 4 aromatic rings. The smallest absolute Gasteiger partial charge is 0.339 e. The Labute approximate surface area is 225 Å². The second-order valence-electron chi connectivity index (χ2n) is 9.01. The molecule has 0 saturated carbocycles. The number of ether oxygens (including phenoxy) is 1. The van der Waals surface area contributed by atoms with Crippen molar-refractivity contribution in [3.05, 3.63) is 112 Å². The SMILES string of the molecule is O=C(Nc1ccc([NH+]([O-])O)cc1[NH+]([O-])O)C(=O)C(C(=O)c1ccc2ccccc2c1)C1OC(=O)c2ccccc21. The Morgan fingerprint density at radius 2 is 1.55 bits per heavy atom. The number of hydrogen-bond acceptors (Lipinski definition) is 9. The van der Waals surface area contributed by atoms with Crippen molar-refractivity contribution in [2.75, 3.05) is 5.32 Å². The number of amides is 1. The van der Waals surface area contributed by atoms with Gasteiger partial charge in [0.1, 0.15) is 17.7 Å². The van der Waals surface area contributed by atoms with Gasteiger partial charge < -0.3 is 20.5 Å². The van der Waals surface area contributed by atoms with Gasteiger partial charge in [-0.15, -0.1) is 0 Å². The van der Waals surface area contributed by atoms with Gasteiger partial charge in [0.2, 0.25) is 5.78 Å². The predicted molar refractivity (Wildman–Crippen MR) is 138 cm³/mol. The van der Waals surface area contributed by atoms with Crippen LogP contribution in [-0.2, 0) is 14.3 Å². The van der Waals surface area contributed by atoms with Crippen LogP contribution in [0.3, 0.4) is 0 Å². The first-order valence-electron chi connectivity index (χ1n) is 11.9. The molecular weight excluding hydrogens is 522 g/mol. The van der Waals surface area contributed by atoms with E-state index in [0.29, 0.717) is 5.39 Å². The number of ketones is 2. The zero-order valence-electron chi connectivity index (χ0n) is 20.5. The largest absolute Gasteiger partial charge is 0.595 e. The highest BCUT2D eigenvalue weighted by molar-refractivity contribution is 6.45. The standard InChI is InChI=1S/C28H21N3O9/c32-24(17-10-9-15-5-1-2-6-16(15)13-17)23(26-19-7-3-4-8-20(19)28(35)40-26)25(33)27(34)29-21-12-11-18(30(36)37)14-22(21)31(38)39/h1-14,23,26,30-31,36,38H,(H,29,34). The zero-order valence-corrected chi connectivity index (χ0v) is 20.5. The highest BCUT2D eigenvalue weighted by atomic mass is 16.8. The third-order valence-corrected chi connectivity index (χ3v) is 6.59. The van der Waals surface area contributed by atoms with E-state index in [-0.39, 0.29) is 28.1 Å². The first-order chi connectivity index (χ1) is 19.2. The van der Waals surface area contributed by atoms with Crippen molar-refractivity contribution in [3.8, 4) is 0 Å². The number of carbonyl (C=O) groups excluding carboxylic acids is 4. The molecule has 0 aliphatic carbocycles. The quantitative estimate of drug-likeness (QED) is 0.0723. The number of esters is 1. The number of rotatable bonds is 8. The molecule has 0 radical (unpaired) electrons. The number of carbonyl (C=O) groups is 4. The van der Waals surface area contributed by atoms with E-state index >= 15 is 0 Å². The van der Waals surface area contributed by atoms with Crippen LogP contribution >= 0.6 is 0 Å². The van der Waals surface area contributed by atoms with Gasteiger partial charge in [0.05, 0.1) is 11.6 Å². The molecule has 202 valence electrons. The van der Waals surface area contributed by atoms with Gasteiger partial charge in [-0.25, -0.2) is 15.2 Å². The summed E-state index contributed by atoms with van der Waals surface area (Å²) in [7, 11) is 0. The maximum atomic E-state index is 13.8. The summed E-state index contributed by atoms with van der Waals surface area (Å²) in [6, 6.07) is 21.0. The van der Waals surface area contributed by atoms with Crippen molar-refractivity contribution >= 4 is 51.3 Å². The van der Waals surface area contributed by atoms with E-state index in [1.807, 2.05) is 12.1 Å². The topological polar surface area (TPSA) is 185 Å². The van der Waals surface area contributed by atoms with Gasteiger partial charge in [-0.1, -0.05) is 54.6 Å². The molecule has 4 atom stereocenters. The number of Topliss-reactive ketones (excluding diaryl/α,β-unsaturated/α-hetero) is 2. The monoisotopic (exact) mass is 543 g/mol. The Balaban J connectivity index is 1.53. The maximum Gasteiger partial charge on any atom is 0.339 e. The fraction of sp³-hybridized carbons (Fsp3) is 0.0714. The van der Waals surface area contributed by atoms with Crippen molar-refractivity contribution in [3.63, 3.8) is 0 Å². The number of quaternary nitrogens is 2. The van der Waals surface area contributed by atoms with Crippen molar-refractivity contribution < 1.29 is 44.8 Å². The van der Waals surface area contributed by atoms with Gasteiger partial charge in [0.15, 0.2) is 17.2 Å². The summed E-state index contributed by atoms with van der Waals surface area (Å²) >= 11 is 0. The Kier molecular flexibility index (Phi) is 7.19. The van der Waals surface area contributed by atoms with E-state index in [1.165, 1.54) is 18.2 Å². The van der Waals surface area contributed by atoms with Crippen LogP contribution in [0.25, 0.3) is 10.8 Å². The number of fused-ring (bicyclic) bond motifs is 2. The van der Waals surface area contributed by atoms with Gasteiger partial charge in [-0.05, 0) is 29.0 Å². The van der Waals surface area contributed by atoms with Crippen LogP contribution < -0.4 is 15.8 Å². The lowest BCUT2D eigenvalue weighted by Crippen LogP contribution is -3.00. The average molecular weight is 543 g/mol. The molecule has 12 heteroatoms. The van der Waals surface area contributed by atoms with Crippen LogP contribution in [0.4, 0.5) is 17.1 Å². The zero-order chi connectivity index (χ0) is 28.6. The van der Waals surface area contributed by atoms with Gasteiger partial charge in [-0.2, -0.15) is 10.5 Å². The Hall–Kier alpha value is -4.82. The summed E-state index contributed by atoms with van der Waals surface area (Å²) in [5.74, 6) is -5.94. The fourth-order valence-corrected chi connectivity index (χ4v) is 4.63. The van der Waals surface area contributed by atoms with Crippen molar-refractivity contribution in [2.45, 2.75) is 6.10 Å². The first kappa shape index (κ1) is 26.8. The van der Waals surface area contributed by atoms with Crippen molar-refractivity contribution in [1.82, 2.24) is 0 Å².